The number of halogens is 2. The summed E-state index contributed by atoms with van der Waals surface area (Å²) in [6.07, 6.45) is 1.22. The van der Waals surface area contributed by atoms with Crippen molar-refractivity contribution in [3.05, 3.63) is 36.4 Å². The third-order valence-corrected chi connectivity index (χ3v) is 5.29. The Morgan fingerprint density at radius 2 is 1.67 bits per heavy atom. The number of amides is 1. The fraction of sp³-hybridized carbons (Fsp3) is 0.474. The van der Waals surface area contributed by atoms with Crippen molar-refractivity contribution < 1.29 is 9.53 Å². The van der Waals surface area contributed by atoms with E-state index in [1.807, 2.05) is 23.1 Å². The van der Waals surface area contributed by atoms with Crippen LogP contribution in [0.25, 0.3) is 10.9 Å². The molecule has 1 aromatic carbocycles. The number of hydrogen-bond donors (Lipinski definition) is 1. The molecule has 0 atom stereocenters. The van der Waals surface area contributed by atoms with Crippen LogP contribution in [0.2, 0.25) is 0 Å². The Labute approximate surface area is 171 Å². The molecule has 0 bridgehead atoms. The molecule has 148 valence electrons. The predicted molar refractivity (Wildman–Crippen MR) is 112 cm³/mol. The average Bonchev–Trinajstić information content (AvgIpc) is 2.68. The number of pyridine rings is 1. The summed E-state index contributed by atoms with van der Waals surface area (Å²) in [5.74, 6) is 1.04. The van der Waals surface area contributed by atoms with Crippen LogP contribution in [-0.4, -0.2) is 60.7 Å². The molecule has 6 nitrogen and oxygen atoms in total. The maximum absolute atomic E-state index is 12.8. The van der Waals surface area contributed by atoms with Crippen molar-refractivity contribution in [1.29, 1.82) is 0 Å². The third-order valence-electron chi connectivity index (χ3n) is 5.29. The Bertz CT molecular complexity index is 775. The van der Waals surface area contributed by atoms with Gasteiger partial charge in [-0.1, -0.05) is 18.2 Å². The highest BCUT2D eigenvalue weighted by Crippen LogP contribution is 2.23. The summed E-state index contributed by atoms with van der Waals surface area (Å²) in [6, 6.07) is 12.3. The number of ether oxygens (including phenoxy) is 1. The molecule has 2 saturated heterocycles. The van der Waals surface area contributed by atoms with Gasteiger partial charge in [-0.2, -0.15) is 0 Å². The second-order valence-corrected chi connectivity index (χ2v) is 6.91. The number of benzene rings is 1. The maximum atomic E-state index is 12.8. The summed E-state index contributed by atoms with van der Waals surface area (Å²) in [5.41, 5.74) is 6.60. The van der Waals surface area contributed by atoms with Crippen molar-refractivity contribution in [3.63, 3.8) is 0 Å². The van der Waals surface area contributed by atoms with E-state index in [4.69, 9.17) is 15.5 Å². The van der Waals surface area contributed by atoms with Gasteiger partial charge in [0.25, 0.3) is 0 Å². The highest BCUT2D eigenvalue weighted by molar-refractivity contribution is 5.86. The van der Waals surface area contributed by atoms with Crippen LogP contribution < -0.4 is 10.6 Å². The first-order valence-corrected chi connectivity index (χ1v) is 8.92. The van der Waals surface area contributed by atoms with Crippen molar-refractivity contribution in [2.75, 3.05) is 44.3 Å². The van der Waals surface area contributed by atoms with Crippen LogP contribution in [0, 0.1) is 0 Å². The smallest absolute Gasteiger partial charge is 0.242 e. The van der Waals surface area contributed by atoms with E-state index in [0.29, 0.717) is 39.1 Å². The molecule has 27 heavy (non-hydrogen) atoms. The number of piperazine rings is 1. The van der Waals surface area contributed by atoms with Crippen molar-refractivity contribution in [3.8, 4) is 0 Å². The molecule has 2 aliphatic heterocycles. The van der Waals surface area contributed by atoms with E-state index in [2.05, 4.69) is 23.1 Å². The Balaban J connectivity index is 0.00000131. The summed E-state index contributed by atoms with van der Waals surface area (Å²) in [5, 5.41) is 1.14. The first-order chi connectivity index (χ1) is 12.2. The minimum Gasteiger partial charge on any atom is -0.381 e. The number of para-hydroxylation sites is 1. The molecule has 1 amide bonds. The van der Waals surface area contributed by atoms with Gasteiger partial charge in [-0.15, -0.1) is 24.8 Å². The lowest BCUT2D eigenvalue weighted by Crippen LogP contribution is -2.61. The fourth-order valence-electron chi connectivity index (χ4n) is 3.63. The molecular weight excluding hydrogens is 387 g/mol. The lowest BCUT2D eigenvalue weighted by atomic mass is 9.89. The van der Waals surface area contributed by atoms with Gasteiger partial charge in [-0.3, -0.25) is 4.79 Å². The van der Waals surface area contributed by atoms with E-state index in [-0.39, 0.29) is 30.7 Å². The van der Waals surface area contributed by atoms with Gasteiger partial charge in [-0.05, 0) is 31.0 Å². The molecule has 8 heteroatoms. The third kappa shape index (κ3) is 4.46. The lowest BCUT2D eigenvalue weighted by Gasteiger charge is -2.41. The van der Waals surface area contributed by atoms with Crippen LogP contribution in [0.15, 0.2) is 36.4 Å². The van der Waals surface area contributed by atoms with Crippen LogP contribution in [0.4, 0.5) is 5.82 Å². The zero-order valence-corrected chi connectivity index (χ0v) is 16.8. The lowest BCUT2D eigenvalue weighted by molar-refractivity contribution is -0.140. The second kappa shape index (κ2) is 9.06. The van der Waals surface area contributed by atoms with Gasteiger partial charge in [0, 0.05) is 44.8 Å². The molecular formula is C19H26Cl2N4O2. The van der Waals surface area contributed by atoms with Gasteiger partial charge in [0.05, 0.1) is 11.1 Å². The number of hydrogen-bond acceptors (Lipinski definition) is 5. The number of rotatable bonds is 2. The van der Waals surface area contributed by atoms with Gasteiger partial charge in [-0.25, -0.2) is 4.98 Å². The van der Waals surface area contributed by atoms with E-state index in [1.54, 1.807) is 0 Å². The standard InChI is InChI=1S/C19H24N4O2.2ClH/c20-19(7-13-25-14-8-19)18(24)23-11-9-22(10-12-23)17-6-5-15-3-1-2-4-16(15)21-17;;/h1-6H,7-14,20H2;2*1H. The molecule has 2 aliphatic rings. The van der Waals surface area contributed by atoms with Gasteiger partial charge in [0.15, 0.2) is 0 Å². The van der Waals surface area contributed by atoms with Gasteiger partial charge >= 0.3 is 0 Å². The first kappa shape index (κ1) is 21.7. The summed E-state index contributed by atoms with van der Waals surface area (Å²) in [4.78, 5) is 21.7. The quantitative estimate of drug-likeness (QED) is 0.818. The van der Waals surface area contributed by atoms with Crippen LogP contribution in [0.3, 0.4) is 0 Å². The highest BCUT2D eigenvalue weighted by atomic mass is 35.5. The first-order valence-electron chi connectivity index (χ1n) is 8.92. The van der Waals surface area contributed by atoms with Crippen LogP contribution >= 0.6 is 24.8 Å². The van der Waals surface area contributed by atoms with Crippen molar-refractivity contribution in [2.45, 2.75) is 18.4 Å². The van der Waals surface area contributed by atoms with Crippen LogP contribution in [-0.2, 0) is 9.53 Å². The van der Waals surface area contributed by atoms with Crippen LogP contribution in [0.1, 0.15) is 12.8 Å². The number of fused-ring (bicyclic) bond motifs is 1. The van der Waals surface area contributed by atoms with Crippen molar-refractivity contribution in [1.82, 2.24) is 9.88 Å². The van der Waals surface area contributed by atoms with Gasteiger partial charge in [0.2, 0.25) is 5.91 Å². The summed E-state index contributed by atoms with van der Waals surface area (Å²) in [7, 11) is 0. The molecule has 2 aromatic rings. The SMILES string of the molecule is Cl.Cl.NC1(C(=O)N2CCN(c3ccc4ccccc4n3)CC2)CCOCC1. The summed E-state index contributed by atoms with van der Waals surface area (Å²) in [6.45, 7) is 4.08. The normalized spacial score (nSPS) is 19.1. The topological polar surface area (TPSA) is 71.7 Å². The number of anilines is 1. The molecule has 0 unspecified atom stereocenters. The number of carbonyl (C=O) groups excluding carboxylic acids is 1. The number of nitrogens with zero attached hydrogens (tertiary/aromatic N) is 3. The zero-order valence-electron chi connectivity index (χ0n) is 15.2. The summed E-state index contributed by atoms with van der Waals surface area (Å²) >= 11 is 0. The molecule has 2 fully saturated rings. The molecule has 3 heterocycles. The number of nitrogens with two attached hydrogens (primary N) is 1. The second-order valence-electron chi connectivity index (χ2n) is 6.91. The molecule has 0 spiro atoms. The molecule has 0 saturated carbocycles. The molecule has 4 rings (SSSR count). The van der Waals surface area contributed by atoms with Crippen molar-refractivity contribution >= 4 is 47.4 Å². The number of carbonyl (C=O) groups is 1. The van der Waals surface area contributed by atoms with Gasteiger partial charge < -0.3 is 20.3 Å². The van der Waals surface area contributed by atoms with E-state index < -0.39 is 5.54 Å². The molecule has 0 radical (unpaired) electrons. The maximum Gasteiger partial charge on any atom is 0.242 e. The van der Waals surface area contributed by atoms with Crippen molar-refractivity contribution in [2.24, 2.45) is 5.73 Å². The minimum absolute atomic E-state index is 0. The Morgan fingerprint density at radius 3 is 2.37 bits per heavy atom. The monoisotopic (exact) mass is 412 g/mol. The minimum atomic E-state index is -0.748. The molecule has 2 N–H and O–H groups in total. The molecule has 0 aliphatic carbocycles. The highest BCUT2D eigenvalue weighted by Gasteiger charge is 2.39. The Kier molecular flexibility index (Phi) is 7.28. The average molecular weight is 413 g/mol. The van der Waals surface area contributed by atoms with E-state index in [9.17, 15) is 4.79 Å². The van der Waals surface area contributed by atoms with E-state index >= 15 is 0 Å². The summed E-state index contributed by atoms with van der Waals surface area (Å²) < 4.78 is 5.35. The zero-order chi connectivity index (χ0) is 17.3. The van der Waals surface area contributed by atoms with Crippen LogP contribution in [0.5, 0.6) is 0 Å². The predicted octanol–water partition coefficient (Wildman–Crippen LogP) is 2.23. The Morgan fingerprint density at radius 1 is 1.00 bits per heavy atom. The number of aromatic nitrogens is 1. The molecule has 1 aromatic heterocycles. The fourth-order valence-corrected chi connectivity index (χ4v) is 3.63. The van der Waals surface area contributed by atoms with E-state index in [1.165, 1.54) is 0 Å². The Hall–Kier alpha value is -1.60. The van der Waals surface area contributed by atoms with E-state index in [0.717, 1.165) is 29.8 Å². The van der Waals surface area contributed by atoms with Gasteiger partial charge in [0.1, 0.15) is 5.82 Å². The largest absolute Gasteiger partial charge is 0.381 e.